The third-order valence-corrected chi connectivity index (χ3v) is 5.18. The van der Waals surface area contributed by atoms with Crippen LogP contribution in [-0.4, -0.2) is 53.8 Å². The van der Waals surface area contributed by atoms with Gasteiger partial charge in [-0.05, 0) is 44.7 Å². The Morgan fingerprint density at radius 3 is 2.30 bits per heavy atom. The second kappa shape index (κ2) is 10.2. The number of amides is 2. The molecule has 8 nitrogen and oxygen atoms in total. The topological polar surface area (TPSA) is 117 Å². The molecule has 0 aromatic heterocycles. The first-order chi connectivity index (χ1) is 14.1. The molecule has 3 unspecified atom stereocenters. The van der Waals surface area contributed by atoms with Crippen molar-refractivity contribution in [1.82, 2.24) is 10.6 Å². The molecule has 1 fully saturated rings. The van der Waals surface area contributed by atoms with Crippen molar-refractivity contribution < 1.29 is 24.2 Å². The third-order valence-electron chi connectivity index (χ3n) is 5.18. The van der Waals surface area contributed by atoms with Gasteiger partial charge in [-0.15, -0.1) is 0 Å². The number of aliphatic imine (C=N–C) groups is 1. The van der Waals surface area contributed by atoms with E-state index in [1.807, 2.05) is 0 Å². The standard InChI is InChI=1S/C22H31N3O5/c1-12(2)20(27)25-19(15-10-11-15)22(29)30-14(4)18(13(3)23-5)24-21(28)16-8-6-7-9-17(16)26/h6-9,12,14-15,18-19,26H,10-11H2,1-5H3,(H,24,28)(H,25,27). The van der Waals surface area contributed by atoms with E-state index in [1.54, 1.807) is 46.9 Å². The monoisotopic (exact) mass is 417 g/mol. The first kappa shape index (κ1) is 23.4. The van der Waals surface area contributed by atoms with Crippen molar-refractivity contribution in [3.8, 4) is 5.75 Å². The summed E-state index contributed by atoms with van der Waals surface area (Å²) in [6, 6.07) is 4.80. The van der Waals surface area contributed by atoms with Crippen LogP contribution in [0.15, 0.2) is 29.3 Å². The Labute approximate surface area is 177 Å². The van der Waals surface area contributed by atoms with Gasteiger partial charge in [0.05, 0.1) is 5.56 Å². The van der Waals surface area contributed by atoms with Gasteiger partial charge in [0, 0.05) is 18.7 Å². The van der Waals surface area contributed by atoms with E-state index in [1.165, 1.54) is 12.1 Å². The fraction of sp³-hybridized carbons (Fsp3) is 0.545. The van der Waals surface area contributed by atoms with Crippen molar-refractivity contribution in [1.29, 1.82) is 0 Å². The number of para-hydroxylation sites is 1. The first-order valence-corrected chi connectivity index (χ1v) is 10.2. The van der Waals surface area contributed by atoms with Gasteiger partial charge in [0.25, 0.3) is 5.91 Å². The van der Waals surface area contributed by atoms with E-state index in [0.29, 0.717) is 5.71 Å². The maximum absolute atomic E-state index is 12.8. The molecule has 0 spiro atoms. The molecule has 2 rings (SSSR count). The number of aromatic hydroxyl groups is 1. The molecule has 1 aliphatic carbocycles. The van der Waals surface area contributed by atoms with Gasteiger partial charge in [0.1, 0.15) is 23.9 Å². The number of esters is 1. The van der Waals surface area contributed by atoms with Gasteiger partial charge in [-0.3, -0.25) is 14.6 Å². The van der Waals surface area contributed by atoms with E-state index in [2.05, 4.69) is 15.6 Å². The van der Waals surface area contributed by atoms with Crippen LogP contribution in [0.5, 0.6) is 5.75 Å². The van der Waals surface area contributed by atoms with Crippen LogP contribution < -0.4 is 10.6 Å². The summed E-state index contributed by atoms with van der Waals surface area (Å²) in [4.78, 5) is 41.6. The number of phenols is 1. The number of carbonyl (C=O) groups excluding carboxylic acids is 3. The lowest BCUT2D eigenvalue weighted by atomic mass is 10.1. The zero-order valence-electron chi connectivity index (χ0n) is 18.1. The molecule has 0 bridgehead atoms. The largest absolute Gasteiger partial charge is 0.507 e. The molecule has 0 saturated heterocycles. The van der Waals surface area contributed by atoms with E-state index >= 15 is 0 Å². The molecule has 30 heavy (non-hydrogen) atoms. The lowest BCUT2D eigenvalue weighted by molar-refractivity contribution is -0.153. The second-order valence-electron chi connectivity index (χ2n) is 7.95. The zero-order chi connectivity index (χ0) is 22.4. The van der Waals surface area contributed by atoms with E-state index in [-0.39, 0.29) is 29.1 Å². The summed E-state index contributed by atoms with van der Waals surface area (Å²) in [6.07, 6.45) is 0.985. The van der Waals surface area contributed by atoms with Crippen LogP contribution in [0.1, 0.15) is 50.9 Å². The Morgan fingerprint density at radius 1 is 1.13 bits per heavy atom. The molecule has 164 valence electrons. The van der Waals surface area contributed by atoms with E-state index in [9.17, 15) is 19.5 Å². The van der Waals surface area contributed by atoms with Gasteiger partial charge in [-0.2, -0.15) is 0 Å². The Hall–Kier alpha value is -2.90. The second-order valence-corrected chi connectivity index (χ2v) is 7.95. The Kier molecular flexibility index (Phi) is 7.97. The van der Waals surface area contributed by atoms with Gasteiger partial charge >= 0.3 is 5.97 Å². The van der Waals surface area contributed by atoms with E-state index in [0.717, 1.165) is 12.8 Å². The number of benzene rings is 1. The highest BCUT2D eigenvalue weighted by Gasteiger charge is 2.40. The SMILES string of the molecule is CN=C(C)C(NC(=O)c1ccccc1O)C(C)OC(=O)C(NC(=O)C(C)C)C1CC1. The van der Waals surface area contributed by atoms with Crippen LogP contribution in [-0.2, 0) is 14.3 Å². The average Bonchev–Trinajstić information content (AvgIpc) is 3.54. The van der Waals surface area contributed by atoms with Gasteiger partial charge in [-0.25, -0.2) is 4.79 Å². The highest BCUT2D eigenvalue weighted by Crippen LogP contribution is 2.33. The van der Waals surface area contributed by atoms with Gasteiger partial charge < -0.3 is 20.5 Å². The van der Waals surface area contributed by atoms with Crippen molar-refractivity contribution in [2.75, 3.05) is 7.05 Å². The molecular weight excluding hydrogens is 386 g/mol. The quantitative estimate of drug-likeness (QED) is 0.420. The maximum atomic E-state index is 12.8. The van der Waals surface area contributed by atoms with Crippen molar-refractivity contribution in [2.45, 2.75) is 58.7 Å². The van der Waals surface area contributed by atoms with Crippen molar-refractivity contribution >= 4 is 23.5 Å². The predicted octanol–water partition coefficient (Wildman–Crippen LogP) is 2.06. The normalized spacial score (nSPS) is 17.1. The minimum atomic E-state index is -0.729. The molecule has 0 heterocycles. The highest BCUT2D eigenvalue weighted by atomic mass is 16.5. The number of nitrogens with zero attached hydrogens (tertiary/aromatic N) is 1. The summed E-state index contributed by atoms with van der Waals surface area (Å²) in [7, 11) is 1.58. The number of hydrogen-bond donors (Lipinski definition) is 3. The zero-order valence-corrected chi connectivity index (χ0v) is 18.1. The number of hydrogen-bond acceptors (Lipinski definition) is 6. The third kappa shape index (κ3) is 6.05. The van der Waals surface area contributed by atoms with E-state index < -0.39 is 30.1 Å². The Morgan fingerprint density at radius 2 is 1.77 bits per heavy atom. The molecule has 1 aliphatic rings. The predicted molar refractivity (Wildman–Crippen MR) is 113 cm³/mol. The molecule has 8 heteroatoms. The van der Waals surface area contributed by atoms with Crippen LogP contribution in [0.25, 0.3) is 0 Å². The molecule has 1 aromatic rings. The van der Waals surface area contributed by atoms with Crippen LogP contribution in [0, 0.1) is 11.8 Å². The van der Waals surface area contributed by atoms with Crippen molar-refractivity contribution in [3.05, 3.63) is 29.8 Å². The molecule has 3 atom stereocenters. The highest BCUT2D eigenvalue weighted by molar-refractivity contribution is 6.00. The van der Waals surface area contributed by atoms with Crippen LogP contribution in [0.2, 0.25) is 0 Å². The lowest BCUT2D eigenvalue weighted by Gasteiger charge is -2.27. The van der Waals surface area contributed by atoms with Crippen molar-refractivity contribution in [3.63, 3.8) is 0 Å². The van der Waals surface area contributed by atoms with Crippen LogP contribution in [0.3, 0.4) is 0 Å². The van der Waals surface area contributed by atoms with E-state index in [4.69, 9.17) is 4.74 Å². The Balaban J connectivity index is 2.11. The minimum absolute atomic E-state index is 0.0719. The molecule has 1 aromatic carbocycles. The summed E-state index contributed by atoms with van der Waals surface area (Å²) >= 11 is 0. The smallest absolute Gasteiger partial charge is 0.329 e. The summed E-state index contributed by atoms with van der Waals surface area (Å²) in [6.45, 7) is 6.91. The Bertz CT molecular complexity index is 817. The van der Waals surface area contributed by atoms with Crippen molar-refractivity contribution in [2.24, 2.45) is 16.8 Å². The average molecular weight is 418 g/mol. The van der Waals surface area contributed by atoms with Gasteiger partial charge in [0.15, 0.2) is 0 Å². The van der Waals surface area contributed by atoms with Gasteiger partial charge in [-0.1, -0.05) is 26.0 Å². The molecule has 1 saturated carbocycles. The van der Waals surface area contributed by atoms with Crippen LogP contribution >= 0.6 is 0 Å². The number of phenolic OH excluding ortho intramolecular Hbond substituents is 1. The van der Waals surface area contributed by atoms with Gasteiger partial charge in [0.2, 0.25) is 5.91 Å². The molecular formula is C22H31N3O5. The molecule has 2 amide bonds. The summed E-state index contributed by atoms with van der Waals surface area (Å²) in [5, 5.41) is 15.5. The number of ether oxygens (including phenoxy) is 1. The first-order valence-electron chi connectivity index (χ1n) is 10.2. The minimum Gasteiger partial charge on any atom is -0.507 e. The fourth-order valence-electron chi connectivity index (χ4n) is 3.03. The lowest BCUT2D eigenvalue weighted by Crippen LogP contribution is -2.51. The molecule has 3 N–H and O–H groups in total. The number of rotatable bonds is 9. The molecule has 0 aliphatic heterocycles. The number of nitrogens with one attached hydrogen (secondary N) is 2. The number of carbonyl (C=O) groups is 3. The van der Waals surface area contributed by atoms with Crippen LogP contribution in [0.4, 0.5) is 0 Å². The fourth-order valence-corrected chi connectivity index (χ4v) is 3.03. The maximum Gasteiger partial charge on any atom is 0.329 e. The molecule has 0 radical (unpaired) electrons. The summed E-state index contributed by atoms with van der Waals surface area (Å²) in [5.41, 5.74) is 0.679. The summed E-state index contributed by atoms with van der Waals surface area (Å²) in [5.74, 6) is -1.54. The summed E-state index contributed by atoms with van der Waals surface area (Å²) < 4.78 is 5.63.